The van der Waals surface area contributed by atoms with E-state index in [2.05, 4.69) is 45.6 Å². The number of fused-ring (bicyclic) bond motifs is 1. The number of piperidine rings is 1. The molecule has 5 rings (SSSR count). The minimum absolute atomic E-state index is 0.556. The Bertz CT molecular complexity index is 1060. The SMILES string of the molecule is C=CCc1cc(-c2c(C3CCC3)nc3c(N4CCCCC4)nccn23)ccc1NC. The first-order valence-corrected chi connectivity index (χ1v) is 11.3. The van der Waals surface area contributed by atoms with Crippen LogP contribution in [0.25, 0.3) is 16.9 Å². The van der Waals surface area contributed by atoms with Crippen molar-refractivity contribution in [3.05, 3.63) is 54.5 Å². The molecule has 5 heteroatoms. The van der Waals surface area contributed by atoms with Gasteiger partial charge in [-0.1, -0.05) is 18.6 Å². The van der Waals surface area contributed by atoms with Crippen LogP contribution >= 0.6 is 0 Å². The maximum Gasteiger partial charge on any atom is 0.181 e. The third-order valence-corrected chi connectivity index (χ3v) is 6.71. The summed E-state index contributed by atoms with van der Waals surface area (Å²) in [6.07, 6.45) is 14.4. The van der Waals surface area contributed by atoms with Crippen LogP contribution in [0.15, 0.2) is 43.2 Å². The lowest BCUT2D eigenvalue weighted by molar-refractivity contribution is 0.413. The molecule has 1 aromatic carbocycles. The Morgan fingerprint density at radius 1 is 1.17 bits per heavy atom. The highest BCUT2D eigenvalue weighted by molar-refractivity contribution is 5.76. The highest BCUT2D eigenvalue weighted by Gasteiger charge is 2.29. The minimum Gasteiger partial charge on any atom is -0.388 e. The van der Waals surface area contributed by atoms with Gasteiger partial charge in [-0.3, -0.25) is 4.40 Å². The monoisotopic (exact) mass is 401 g/mol. The number of aromatic nitrogens is 3. The molecule has 0 spiro atoms. The number of rotatable bonds is 6. The van der Waals surface area contributed by atoms with E-state index in [1.807, 2.05) is 19.3 Å². The summed E-state index contributed by atoms with van der Waals surface area (Å²) in [5.74, 6) is 1.60. The van der Waals surface area contributed by atoms with Gasteiger partial charge in [0.05, 0.1) is 11.4 Å². The minimum atomic E-state index is 0.556. The molecular formula is C25H31N5. The number of nitrogens with one attached hydrogen (secondary N) is 1. The van der Waals surface area contributed by atoms with Crippen LogP contribution in [-0.4, -0.2) is 34.5 Å². The molecule has 0 atom stereocenters. The van der Waals surface area contributed by atoms with E-state index in [4.69, 9.17) is 9.97 Å². The summed E-state index contributed by atoms with van der Waals surface area (Å²) in [6, 6.07) is 6.72. The molecule has 5 nitrogen and oxygen atoms in total. The highest BCUT2D eigenvalue weighted by Crippen LogP contribution is 2.42. The fourth-order valence-corrected chi connectivity index (χ4v) is 4.87. The van der Waals surface area contributed by atoms with Gasteiger partial charge in [-0.15, -0.1) is 6.58 Å². The summed E-state index contributed by atoms with van der Waals surface area (Å²) >= 11 is 0. The Hall–Kier alpha value is -2.82. The number of nitrogens with zero attached hydrogens (tertiary/aromatic N) is 4. The van der Waals surface area contributed by atoms with Crippen LogP contribution < -0.4 is 10.2 Å². The quantitative estimate of drug-likeness (QED) is 0.560. The van der Waals surface area contributed by atoms with Crippen molar-refractivity contribution in [3.8, 4) is 11.3 Å². The largest absolute Gasteiger partial charge is 0.388 e. The average Bonchev–Trinajstić information content (AvgIpc) is 3.12. The molecule has 30 heavy (non-hydrogen) atoms. The van der Waals surface area contributed by atoms with Gasteiger partial charge in [0, 0.05) is 49.7 Å². The van der Waals surface area contributed by atoms with Crippen molar-refractivity contribution in [1.82, 2.24) is 14.4 Å². The van der Waals surface area contributed by atoms with Crippen LogP contribution in [0.3, 0.4) is 0 Å². The molecule has 1 saturated carbocycles. The van der Waals surface area contributed by atoms with Crippen LogP contribution in [0.4, 0.5) is 11.5 Å². The molecule has 1 aliphatic carbocycles. The van der Waals surface area contributed by atoms with E-state index in [0.717, 1.165) is 36.7 Å². The van der Waals surface area contributed by atoms with Gasteiger partial charge in [-0.2, -0.15) is 0 Å². The number of hydrogen-bond donors (Lipinski definition) is 1. The molecule has 156 valence electrons. The van der Waals surface area contributed by atoms with Gasteiger partial charge in [-0.25, -0.2) is 9.97 Å². The topological polar surface area (TPSA) is 45.5 Å². The fraction of sp³-hybridized carbons (Fsp3) is 0.440. The Morgan fingerprint density at radius 3 is 2.70 bits per heavy atom. The van der Waals surface area contributed by atoms with E-state index in [-0.39, 0.29) is 0 Å². The van der Waals surface area contributed by atoms with Crippen molar-refractivity contribution in [1.29, 1.82) is 0 Å². The Labute approximate surface area is 178 Å². The van der Waals surface area contributed by atoms with Crippen molar-refractivity contribution in [2.24, 2.45) is 0 Å². The maximum absolute atomic E-state index is 5.23. The van der Waals surface area contributed by atoms with Crippen LogP contribution in [-0.2, 0) is 6.42 Å². The molecule has 0 radical (unpaired) electrons. The van der Waals surface area contributed by atoms with Gasteiger partial charge in [0.1, 0.15) is 0 Å². The summed E-state index contributed by atoms with van der Waals surface area (Å²) in [4.78, 5) is 12.4. The zero-order chi connectivity index (χ0) is 20.5. The fourth-order valence-electron chi connectivity index (χ4n) is 4.87. The van der Waals surface area contributed by atoms with Gasteiger partial charge in [0.25, 0.3) is 0 Å². The summed E-state index contributed by atoms with van der Waals surface area (Å²) in [5.41, 5.74) is 7.16. The smallest absolute Gasteiger partial charge is 0.181 e. The number of allylic oxidation sites excluding steroid dienone is 1. The molecule has 0 amide bonds. The maximum atomic E-state index is 5.23. The van der Waals surface area contributed by atoms with Crippen LogP contribution in [0.1, 0.15) is 55.7 Å². The highest BCUT2D eigenvalue weighted by atomic mass is 15.2. The van der Waals surface area contributed by atoms with Gasteiger partial charge >= 0.3 is 0 Å². The first-order chi connectivity index (χ1) is 14.8. The summed E-state index contributed by atoms with van der Waals surface area (Å²) in [5, 5.41) is 3.32. The van der Waals surface area contributed by atoms with Crippen LogP contribution in [0.2, 0.25) is 0 Å². The molecule has 3 heterocycles. The molecule has 1 N–H and O–H groups in total. The number of hydrogen-bond acceptors (Lipinski definition) is 4. The normalized spacial score (nSPS) is 17.2. The second-order valence-electron chi connectivity index (χ2n) is 8.58. The zero-order valence-corrected chi connectivity index (χ0v) is 17.9. The predicted molar refractivity (Wildman–Crippen MR) is 125 cm³/mol. The molecule has 2 fully saturated rings. The van der Waals surface area contributed by atoms with Gasteiger partial charge in [0.15, 0.2) is 11.5 Å². The lowest BCUT2D eigenvalue weighted by atomic mass is 9.81. The van der Waals surface area contributed by atoms with Crippen LogP contribution in [0.5, 0.6) is 0 Å². The van der Waals surface area contributed by atoms with E-state index < -0.39 is 0 Å². The second kappa shape index (κ2) is 8.13. The number of imidazole rings is 1. The van der Waals surface area contributed by atoms with Crippen molar-refractivity contribution in [2.75, 3.05) is 30.4 Å². The lowest BCUT2D eigenvalue weighted by Gasteiger charge is -2.27. The van der Waals surface area contributed by atoms with E-state index in [9.17, 15) is 0 Å². The van der Waals surface area contributed by atoms with E-state index in [1.165, 1.54) is 61.0 Å². The van der Waals surface area contributed by atoms with Crippen molar-refractivity contribution in [3.63, 3.8) is 0 Å². The van der Waals surface area contributed by atoms with Gasteiger partial charge in [0.2, 0.25) is 0 Å². The van der Waals surface area contributed by atoms with Crippen molar-refractivity contribution >= 4 is 17.2 Å². The molecule has 2 aliphatic rings. The number of anilines is 2. The van der Waals surface area contributed by atoms with Crippen molar-refractivity contribution < 1.29 is 0 Å². The second-order valence-corrected chi connectivity index (χ2v) is 8.58. The van der Waals surface area contributed by atoms with Crippen LogP contribution in [0, 0.1) is 0 Å². The molecule has 1 aliphatic heterocycles. The molecule has 1 saturated heterocycles. The molecule has 0 bridgehead atoms. The van der Waals surface area contributed by atoms with E-state index >= 15 is 0 Å². The zero-order valence-electron chi connectivity index (χ0n) is 17.9. The van der Waals surface area contributed by atoms with Gasteiger partial charge < -0.3 is 10.2 Å². The summed E-state index contributed by atoms with van der Waals surface area (Å²) < 4.78 is 2.29. The Kier molecular flexibility index (Phi) is 5.19. The standard InChI is InChI=1S/C25H31N5/c1-3-8-19-17-20(11-12-21(19)26-2)23-22(18-9-7-10-18)28-25-24(27-13-16-30(23)25)29-14-5-4-6-15-29/h3,11-13,16-18,26H,1,4-10,14-15H2,2H3. The number of benzene rings is 1. The predicted octanol–water partition coefficient (Wildman–Crippen LogP) is 5.42. The molecule has 2 aromatic heterocycles. The third-order valence-electron chi connectivity index (χ3n) is 6.71. The molecule has 0 unspecified atom stereocenters. The Balaban J connectivity index is 1.69. The van der Waals surface area contributed by atoms with E-state index in [1.54, 1.807) is 0 Å². The summed E-state index contributed by atoms with van der Waals surface area (Å²) in [6.45, 7) is 6.10. The average molecular weight is 402 g/mol. The lowest BCUT2D eigenvalue weighted by Crippen LogP contribution is -2.30. The first kappa shape index (κ1) is 19.2. The van der Waals surface area contributed by atoms with E-state index in [0.29, 0.717) is 5.92 Å². The van der Waals surface area contributed by atoms with Crippen molar-refractivity contribution in [2.45, 2.75) is 50.9 Å². The Morgan fingerprint density at radius 2 is 2.00 bits per heavy atom. The summed E-state index contributed by atoms with van der Waals surface area (Å²) in [7, 11) is 1.98. The van der Waals surface area contributed by atoms with Gasteiger partial charge in [-0.05, 0) is 56.2 Å². The first-order valence-electron chi connectivity index (χ1n) is 11.3. The third kappa shape index (κ3) is 3.26. The molecular weight excluding hydrogens is 370 g/mol. The molecule has 3 aromatic rings.